The van der Waals surface area contributed by atoms with Crippen LogP contribution >= 0.6 is 0 Å². The Morgan fingerprint density at radius 2 is 2.04 bits per heavy atom. The van der Waals surface area contributed by atoms with Gasteiger partial charge in [0.15, 0.2) is 17.5 Å². The van der Waals surface area contributed by atoms with Crippen molar-refractivity contribution >= 4 is 28.8 Å². The molecular weight excluding hydrogens is 309 g/mol. The van der Waals surface area contributed by atoms with E-state index in [0.717, 1.165) is 23.8 Å². The van der Waals surface area contributed by atoms with Crippen LogP contribution in [0.5, 0.6) is 0 Å². The van der Waals surface area contributed by atoms with Crippen LogP contribution in [0, 0.1) is 5.82 Å². The fourth-order valence-electron chi connectivity index (χ4n) is 2.75. The van der Waals surface area contributed by atoms with Gasteiger partial charge in [-0.2, -0.15) is 0 Å². The summed E-state index contributed by atoms with van der Waals surface area (Å²) < 4.78 is 25.6. The zero-order chi connectivity index (χ0) is 16.3. The third-order valence-electron chi connectivity index (χ3n) is 4.00. The zero-order valence-corrected chi connectivity index (χ0v) is 11.8. The number of primary amides is 1. The minimum atomic E-state index is -1.09. The average molecular weight is 321 g/mol. The van der Waals surface area contributed by atoms with Gasteiger partial charge < -0.3 is 14.9 Å². The van der Waals surface area contributed by atoms with Gasteiger partial charge in [-0.15, -0.1) is 0 Å². The number of carbonyl (C=O) groups excluding carboxylic acids is 2. The van der Waals surface area contributed by atoms with E-state index in [9.17, 15) is 18.8 Å². The second-order valence-corrected chi connectivity index (χ2v) is 5.63. The standard InChI is InChI=1S/C14H12FN3O5/c15-8-3-7(17-5-10(12(16)19)23-13(17)20)4-9-11(8)18(6-1-2-6)14(21)22-9/h3-4,6,10H,1-2,5H2,(H2,16,19)/t10-/m1/s1. The van der Waals surface area contributed by atoms with Gasteiger partial charge in [0.2, 0.25) is 0 Å². The van der Waals surface area contributed by atoms with E-state index in [1.807, 2.05) is 0 Å². The number of oxazole rings is 1. The highest BCUT2D eigenvalue weighted by atomic mass is 19.1. The van der Waals surface area contributed by atoms with E-state index in [-0.39, 0.29) is 29.4 Å². The van der Waals surface area contributed by atoms with Gasteiger partial charge in [-0.3, -0.25) is 14.3 Å². The zero-order valence-electron chi connectivity index (χ0n) is 11.8. The summed E-state index contributed by atoms with van der Waals surface area (Å²) in [5, 5.41) is 0. The number of fused-ring (bicyclic) bond motifs is 1. The van der Waals surface area contributed by atoms with Crippen molar-refractivity contribution in [2.75, 3.05) is 11.4 Å². The van der Waals surface area contributed by atoms with E-state index in [2.05, 4.69) is 0 Å². The van der Waals surface area contributed by atoms with Crippen molar-refractivity contribution in [3.8, 4) is 0 Å². The van der Waals surface area contributed by atoms with Crippen molar-refractivity contribution in [3.05, 3.63) is 28.5 Å². The van der Waals surface area contributed by atoms with Gasteiger partial charge in [0, 0.05) is 18.2 Å². The molecule has 0 unspecified atom stereocenters. The summed E-state index contributed by atoms with van der Waals surface area (Å²) in [6, 6.07) is 2.45. The number of halogens is 1. The molecule has 2 amide bonds. The van der Waals surface area contributed by atoms with E-state index in [1.165, 1.54) is 10.6 Å². The molecule has 8 nitrogen and oxygen atoms in total. The molecule has 2 fully saturated rings. The van der Waals surface area contributed by atoms with Gasteiger partial charge in [0.1, 0.15) is 5.52 Å². The number of cyclic esters (lactones) is 1. The van der Waals surface area contributed by atoms with Gasteiger partial charge >= 0.3 is 11.8 Å². The van der Waals surface area contributed by atoms with Gasteiger partial charge in [0.05, 0.1) is 12.2 Å². The summed E-state index contributed by atoms with van der Waals surface area (Å²) in [6.45, 7) is -0.118. The molecule has 4 rings (SSSR count). The van der Waals surface area contributed by atoms with Crippen LogP contribution in [0.25, 0.3) is 11.1 Å². The number of benzene rings is 1. The Morgan fingerprint density at radius 3 is 2.65 bits per heavy atom. The molecule has 1 aliphatic heterocycles. The third-order valence-corrected chi connectivity index (χ3v) is 4.00. The number of hydrogen-bond donors (Lipinski definition) is 1. The van der Waals surface area contributed by atoms with Crippen molar-refractivity contribution in [1.29, 1.82) is 0 Å². The molecule has 23 heavy (non-hydrogen) atoms. The number of amides is 2. The minimum Gasteiger partial charge on any atom is -0.434 e. The van der Waals surface area contributed by atoms with Gasteiger partial charge in [0.25, 0.3) is 5.91 Å². The van der Waals surface area contributed by atoms with E-state index in [4.69, 9.17) is 14.9 Å². The van der Waals surface area contributed by atoms with Crippen molar-refractivity contribution in [2.24, 2.45) is 5.73 Å². The summed E-state index contributed by atoms with van der Waals surface area (Å²) in [5.74, 6) is -2.09. The monoisotopic (exact) mass is 321 g/mol. The van der Waals surface area contributed by atoms with Crippen LogP contribution in [0.1, 0.15) is 18.9 Å². The number of aromatic nitrogens is 1. The Morgan fingerprint density at radius 1 is 1.30 bits per heavy atom. The van der Waals surface area contributed by atoms with Crippen LogP contribution in [-0.2, 0) is 9.53 Å². The molecule has 1 aromatic heterocycles. The minimum absolute atomic E-state index is 0.0416. The highest BCUT2D eigenvalue weighted by Gasteiger charge is 2.37. The van der Waals surface area contributed by atoms with E-state index in [1.54, 1.807) is 0 Å². The number of nitrogens with zero attached hydrogens (tertiary/aromatic N) is 2. The Bertz CT molecular complexity index is 898. The molecule has 120 valence electrons. The molecule has 1 saturated carbocycles. The van der Waals surface area contributed by atoms with E-state index >= 15 is 0 Å². The molecule has 2 aromatic rings. The quantitative estimate of drug-likeness (QED) is 0.903. The normalized spacial score (nSPS) is 21.0. The lowest BCUT2D eigenvalue weighted by Crippen LogP contribution is -2.32. The second-order valence-electron chi connectivity index (χ2n) is 5.63. The van der Waals surface area contributed by atoms with Gasteiger partial charge in [-0.05, 0) is 12.8 Å². The first-order valence-corrected chi connectivity index (χ1v) is 7.08. The van der Waals surface area contributed by atoms with Crippen LogP contribution in [0.4, 0.5) is 14.9 Å². The predicted octanol–water partition coefficient (Wildman–Crippen LogP) is 0.879. The molecule has 1 atom stereocenters. The highest BCUT2D eigenvalue weighted by molar-refractivity contribution is 5.96. The van der Waals surface area contributed by atoms with Crippen LogP contribution < -0.4 is 16.4 Å². The average Bonchev–Trinajstić information content (AvgIpc) is 3.14. The second kappa shape index (κ2) is 4.58. The van der Waals surface area contributed by atoms with Gasteiger partial charge in [-0.25, -0.2) is 14.0 Å². The first kappa shape index (κ1) is 13.8. The number of ether oxygens (including phenoxy) is 1. The largest absolute Gasteiger partial charge is 0.434 e. The molecule has 0 radical (unpaired) electrons. The molecular formula is C14H12FN3O5. The number of carbonyl (C=O) groups is 2. The van der Waals surface area contributed by atoms with Gasteiger partial charge in [-0.1, -0.05) is 0 Å². The molecule has 9 heteroatoms. The smallest absolute Gasteiger partial charge is 0.420 e. The molecule has 2 heterocycles. The Hall–Kier alpha value is -2.84. The van der Waals surface area contributed by atoms with E-state index < -0.39 is 29.7 Å². The Balaban J connectivity index is 1.79. The maximum atomic E-state index is 14.5. The van der Waals surface area contributed by atoms with Crippen LogP contribution in [0.3, 0.4) is 0 Å². The molecule has 0 bridgehead atoms. The first-order chi connectivity index (χ1) is 11.0. The highest BCUT2D eigenvalue weighted by Crippen LogP contribution is 2.38. The number of nitrogens with two attached hydrogens (primary N) is 1. The predicted molar refractivity (Wildman–Crippen MR) is 75.5 cm³/mol. The summed E-state index contributed by atoms with van der Waals surface area (Å²) in [6.07, 6.45) is -0.302. The third kappa shape index (κ3) is 2.07. The molecule has 1 aliphatic carbocycles. The van der Waals surface area contributed by atoms with Crippen LogP contribution in [0.2, 0.25) is 0 Å². The molecule has 2 N–H and O–H groups in total. The fraction of sp³-hybridized carbons (Fsp3) is 0.357. The summed E-state index contributed by atoms with van der Waals surface area (Å²) in [5.41, 5.74) is 5.38. The SMILES string of the molecule is NC(=O)[C@H]1CN(c2cc(F)c3c(c2)oc(=O)n3C2CC2)C(=O)O1. The maximum absolute atomic E-state index is 14.5. The molecule has 0 spiro atoms. The maximum Gasteiger partial charge on any atom is 0.420 e. The topological polar surface area (TPSA) is 108 Å². The van der Waals surface area contributed by atoms with Crippen LogP contribution in [-0.4, -0.2) is 29.2 Å². The van der Waals surface area contributed by atoms with Crippen molar-refractivity contribution in [1.82, 2.24) is 4.57 Å². The summed E-state index contributed by atoms with van der Waals surface area (Å²) >= 11 is 0. The lowest BCUT2D eigenvalue weighted by Gasteiger charge is -2.13. The lowest BCUT2D eigenvalue weighted by molar-refractivity contribution is -0.124. The van der Waals surface area contributed by atoms with Crippen molar-refractivity contribution in [2.45, 2.75) is 25.0 Å². The number of hydrogen-bond acceptors (Lipinski definition) is 5. The van der Waals surface area contributed by atoms with Crippen LogP contribution in [0.15, 0.2) is 21.3 Å². The lowest BCUT2D eigenvalue weighted by atomic mass is 10.2. The number of anilines is 1. The molecule has 2 aliphatic rings. The molecule has 1 aromatic carbocycles. The first-order valence-electron chi connectivity index (χ1n) is 7.08. The summed E-state index contributed by atoms with van der Waals surface area (Å²) in [7, 11) is 0. The number of rotatable bonds is 3. The summed E-state index contributed by atoms with van der Waals surface area (Å²) in [4.78, 5) is 35.9. The molecule has 1 saturated heterocycles. The fourth-order valence-corrected chi connectivity index (χ4v) is 2.75. The van der Waals surface area contributed by atoms with Crippen molar-refractivity contribution in [3.63, 3.8) is 0 Å². The Labute approximate surface area is 128 Å². The Kier molecular flexibility index (Phi) is 2.75. The van der Waals surface area contributed by atoms with E-state index in [0.29, 0.717) is 0 Å². The van der Waals surface area contributed by atoms with Crippen molar-refractivity contribution < 1.29 is 23.1 Å².